The summed E-state index contributed by atoms with van der Waals surface area (Å²) in [6, 6.07) is 12.5. The van der Waals surface area contributed by atoms with Gasteiger partial charge >= 0.3 is 0 Å². The molecule has 126 valence electrons. The van der Waals surface area contributed by atoms with Gasteiger partial charge in [-0.2, -0.15) is 5.26 Å². The molecule has 24 heavy (non-hydrogen) atoms. The van der Waals surface area contributed by atoms with Crippen LogP contribution in [-0.2, 0) is 6.42 Å². The Labute approximate surface area is 142 Å². The lowest BCUT2D eigenvalue weighted by molar-refractivity contribution is 0.403. The molecular weight excluding hydrogens is 305 g/mol. The number of ether oxygens (including phenoxy) is 2. The molecule has 0 radical (unpaired) electrons. The van der Waals surface area contributed by atoms with E-state index in [1.807, 2.05) is 12.1 Å². The molecule has 4 heteroatoms. The number of halogens is 1. The summed E-state index contributed by atoms with van der Waals surface area (Å²) in [5, 5.41) is 9.62. The fourth-order valence-corrected chi connectivity index (χ4v) is 2.74. The summed E-state index contributed by atoms with van der Waals surface area (Å²) in [5.74, 6) is 0.719. The minimum absolute atomic E-state index is 0.374. The minimum atomic E-state index is -0.521. The zero-order chi connectivity index (χ0) is 17.7. The Morgan fingerprint density at radius 1 is 1.04 bits per heavy atom. The van der Waals surface area contributed by atoms with Gasteiger partial charge in [-0.25, -0.2) is 4.39 Å². The van der Waals surface area contributed by atoms with E-state index >= 15 is 0 Å². The fourth-order valence-electron chi connectivity index (χ4n) is 2.74. The molecule has 2 rings (SSSR count). The van der Waals surface area contributed by atoms with Crippen LogP contribution in [-0.4, -0.2) is 14.2 Å². The first-order chi connectivity index (χ1) is 11.5. The lowest BCUT2D eigenvalue weighted by atomic mass is 9.90. The lowest BCUT2D eigenvalue weighted by Gasteiger charge is -2.17. The number of hydrogen-bond acceptors (Lipinski definition) is 3. The summed E-state index contributed by atoms with van der Waals surface area (Å²) in [6.45, 7) is 4.23. The second-order valence-corrected chi connectivity index (χ2v) is 6.00. The molecule has 0 aliphatic heterocycles. The van der Waals surface area contributed by atoms with Crippen LogP contribution in [0.25, 0.3) is 0 Å². The van der Waals surface area contributed by atoms with E-state index in [1.165, 1.54) is 24.8 Å². The van der Waals surface area contributed by atoms with Gasteiger partial charge in [-0.05, 0) is 47.7 Å². The number of nitrogens with zero attached hydrogens (tertiary/aromatic N) is 1. The van der Waals surface area contributed by atoms with Crippen molar-refractivity contribution >= 4 is 0 Å². The first kappa shape index (κ1) is 17.8. The molecule has 3 nitrogen and oxygen atoms in total. The molecule has 2 aromatic carbocycles. The molecule has 0 amide bonds. The third kappa shape index (κ3) is 3.86. The highest BCUT2D eigenvalue weighted by Gasteiger charge is 2.20. The van der Waals surface area contributed by atoms with Gasteiger partial charge in [-0.15, -0.1) is 0 Å². The summed E-state index contributed by atoms with van der Waals surface area (Å²) in [4.78, 5) is 0. The lowest BCUT2D eigenvalue weighted by Crippen LogP contribution is -2.06. The molecular formula is C20H22FNO2. The molecule has 0 aliphatic rings. The highest BCUT2D eigenvalue weighted by atomic mass is 19.1. The maximum Gasteiger partial charge on any atom is 0.123 e. The molecule has 1 atom stereocenters. The predicted molar refractivity (Wildman–Crippen MR) is 92.1 cm³/mol. The summed E-state index contributed by atoms with van der Waals surface area (Å²) in [6.07, 6.45) is 0.431. The number of benzene rings is 2. The maximum absolute atomic E-state index is 13.6. The Bertz CT molecular complexity index is 750. The van der Waals surface area contributed by atoms with Gasteiger partial charge in [-0.3, -0.25) is 0 Å². The van der Waals surface area contributed by atoms with Crippen LogP contribution in [0.5, 0.6) is 11.5 Å². The first-order valence-electron chi connectivity index (χ1n) is 7.90. The summed E-state index contributed by atoms with van der Waals surface area (Å²) in [7, 11) is 3.13. The van der Waals surface area contributed by atoms with Crippen molar-refractivity contribution in [2.45, 2.75) is 32.1 Å². The normalized spacial score (nSPS) is 11.9. The molecule has 0 aromatic heterocycles. The van der Waals surface area contributed by atoms with Crippen molar-refractivity contribution < 1.29 is 13.9 Å². The largest absolute Gasteiger partial charge is 0.496 e. The molecule has 0 aliphatic carbocycles. The number of methoxy groups -OCH3 is 2. The number of hydrogen-bond donors (Lipinski definition) is 0. The Kier molecular flexibility index (Phi) is 5.81. The van der Waals surface area contributed by atoms with Crippen molar-refractivity contribution in [1.29, 1.82) is 5.26 Å². The van der Waals surface area contributed by atoms with Crippen molar-refractivity contribution in [3.05, 3.63) is 58.9 Å². The highest BCUT2D eigenvalue weighted by Crippen LogP contribution is 2.33. The van der Waals surface area contributed by atoms with Crippen LogP contribution in [0.3, 0.4) is 0 Å². The monoisotopic (exact) mass is 327 g/mol. The van der Waals surface area contributed by atoms with Crippen molar-refractivity contribution in [1.82, 2.24) is 0 Å². The Hall–Kier alpha value is -2.54. The smallest absolute Gasteiger partial charge is 0.123 e. The average molecular weight is 327 g/mol. The van der Waals surface area contributed by atoms with Gasteiger partial charge in [0.15, 0.2) is 0 Å². The summed E-state index contributed by atoms with van der Waals surface area (Å²) < 4.78 is 24.4. The van der Waals surface area contributed by atoms with Crippen molar-refractivity contribution in [3.8, 4) is 17.6 Å². The van der Waals surface area contributed by atoms with E-state index in [-0.39, 0.29) is 5.82 Å². The van der Waals surface area contributed by atoms with Crippen molar-refractivity contribution in [3.63, 3.8) is 0 Å². The average Bonchev–Trinajstić information content (AvgIpc) is 2.59. The van der Waals surface area contributed by atoms with Crippen LogP contribution in [0.1, 0.15) is 42.4 Å². The third-order valence-corrected chi connectivity index (χ3v) is 4.12. The van der Waals surface area contributed by atoms with Crippen LogP contribution in [0.15, 0.2) is 36.4 Å². The van der Waals surface area contributed by atoms with Gasteiger partial charge in [0.2, 0.25) is 0 Å². The van der Waals surface area contributed by atoms with Crippen LogP contribution < -0.4 is 9.47 Å². The predicted octanol–water partition coefficient (Wildman–Crippen LogP) is 4.82. The zero-order valence-corrected chi connectivity index (χ0v) is 14.5. The van der Waals surface area contributed by atoms with E-state index < -0.39 is 5.92 Å². The zero-order valence-electron chi connectivity index (χ0n) is 14.5. The van der Waals surface area contributed by atoms with Gasteiger partial charge in [0, 0.05) is 5.56 Å². The van der Waals surface area contributed by atoms with E-state index in [1.54, 1.807) is 13.2 Å². The van der Waals surface area contributed by atoms with E-state index in [2.05, 4.69) is 26.0 Å². The molecule has 0 N–H and O–H groups in total. The summed E-state index contributed by atoms with van der Waals surface area (Å²) in [5.41, 5.74) is 2.66. The van der Waals surface area contributed by atoms with Gasteiger partial charge < -0.3 is 9.47 Å². The Balaban J connectivity index is 2.43. The van der Waals surface area contributed by atoms with E-state index in [0.29, 0.717) is 23.7 Å². The molecule has 0 saturated carbocycles. The Morgan fingerprint density at radius 3 is 2.29 bits per heavy atom. The van der Waals surface area contributed by atoms with Gasteiger partial charge in [0.25, 0.3) is 0 Å². The molecule has 0 bridgehead atoms. The van der Waals surface area contributed by atoms with Crippen LogP contribution in [0.2, 0.25) is 0 Å². The second kappa shape index (κ2) is 7.83. The molecule has 0 fully saturated rings. The van der Waals surface area contributed by atoms with Gasteiger partial charge in [0.05, 0.1) is 26.2 Å². The quantitative estimate of drug-likeness (QED) is 0.764. The van der Waals surface area contributed by atoms with E-state index in [4.69, 9.17) is 9.47 Å². The molecule has 2 aromatic rings. The molecule has 0 heterocycles. The Morgan fingerprint density at radius 2 is 1.71 bits per heavy atom. The fraction of sp³-hybridized carbons (Fsp3) is 0.350. The van der Waals surface area contributed by atoms with E-state index in [0.717, 1.165) is 11.3 Å². The number of nitriles is 1. The summed E-state index contributed by atoms with van der Waals surface area (Å²) >= 11 is 0. The van der Waals surface area contributed by atoms with Gasteiger partial charge in [0.1, 0.15) is 17.3 Å². The third-order valence-electron chi connectivity index (χ3n) is 4.12. The van der Waals surface area contributed by atoms with Crippen LogP contribution in [0.4, 0.5) is 4.39 Å². The highest BCUT2D eigenvalue weighted by molar-refractivity contribution is 5.44. The standard InChI is InChI=1S/C20H22FNO2/c1-13(2)14-5-7-19(23-3)15(9-14)10-16(12-22)18-11-17(21)6-8-20(18)24-4/h5-9,11,13,16H,10H2,1-4H3. The van der Waals surface area contributed by atoms with Crippen molar-refractivity contribution in [2.75, 3.05) is 14.2 Å². The molecule has 0 saturated heterocycles. The van der Waals surface area contributed by atoms with Gasteiger partial charge in [-0.1, -0.05) is 26.0 Å². The first-order valence-corrected chi connectivity index (χ1v) is 7.90. The minimum Gasteiger partial charge on any atom is -0.496 e. The number of rotatable bonds is 6. The topological polar surface area (TPSA) is 42.2 Å². The van der Waals surface area contributed by atoms with E-state index in [9.17, 15) is 9.65 Å². The maximum atomic E-state index is 13.6. The molecule has 1 unspecified atom stereocenters. The van der Waals surface area contributed by atoms with Crippen LogP contribution in [0, 0.1) is 17.1 Å². The second-order valence-electron chi connectivity index (χ2n) is 6.00. The van der Waals surface area contributed by atoms with Crippen LogP contribution >= 0.6 is 0 Å². The molecule has 0 spiro atoms. The SMILES string of the molecule is COc1ccc(C(C)C)cc1CC(C#N)c1cc(F)ccc1OC. The van der Waals surface area contributed by atoms with Crippen molar-refractivity contribution in [2.24, 2.45) is 0 Å².